The number of nitrogens with zero attached hydrogens (tertiary/aromatic N) is 1. The second-order valence-electron chi connectivity index (χ2n) is 4.81. The molecule has 0 radical (unpaired) electrons. The number of hydrogen-bond acceptors (Lipinski definition) is 4. The molecule has 0 aromatic carbocycles. The first-order chi connectivity index (χ1) is 7.85. The summed E-state index contributed by atoms with van der Waals surface area (Å²) in [5.41, 5.74) is -0.179. The Morgan fingerprint density at radius 1 is 1.25 bits per heavy atom. The summed E-state index contributed by atoms with van der Waals surface area (Å²) >= 11 is 0. The summed E-state index contributed by atoms with van der Waals surface area (Å²) < 4.78 is 5.35. The van der Waals surface area contributed by atoms with Gasteiger partial charge in [0.2, 0.25) is 0 Å². The number of aliphatic hydroxyl groups is 1. The lowest BCUT2D eigenvalue weighted by Crippen LogP contribution is -2.54. The fraction of sp³-hybridized carbons (Fsp3) is 0.917. The van der Waals surface area contributed by atoms with Crippen molar-refractivity contribution in [3.05, 3.63) is 0 Å². The second-order valence-corrected chi connectivity index (χ2v) is 4.81. The summed E-state index contributed by atoms with van der Waals surface area (Å²) in [4.78, 5) is 4.56. The molecule has 2 heterocycles. The van der Waals surface area contributed by atoms with Gasteiger partial charge in [0.15, 0.2) is 0 Å². The molecule has 92 valence electrons. The maximum absolute atomic E-state index is 9.57. The van der Waals surface area contributed by atoms with Gasteiger partial charge in [-0.25, -0.2) is 0 Å². The molecule has 0 spiro atoms. The van der Waals surface area contributed by atoms with Crippen LogP contribution in [0.15, 0.2) is 4.99 Å². The molecule has 1 saturated heterocycles. The molecule has 0 unspecified atom stereocenters. The van der Waals surface area contributed by atoms with Gasteiger partial charge >= 0.3 is 0 Å². The van der Waals surface area contributed by atoms with Gasteiger partial charge in [-0.1, -0.05) is 6.42 Å². The molecule has 0 aromatic rings. The largest absolute Gasteiger partial charge is 0.394 e. The van der Waals surface area contributed by atoms with Crippen molar-refractivity contribution in [2.75, 3.05) is 26.4 Å². The van der Waals surface area contributed by atoms with Crippen LogP contribution < -0.4 is 5.32 Å². The van der Waals surface area contributed by atoms with Gasteiger partial charge in [-0.15, -0.1) is 0 Å². The maximum atomic E-state index is 9.57. The lowest BCUT2D eigenvalue weighted by Gasteiger charge is -2.37. The minimum absolute atomic E-state index is 0.176. The van der Waals surface area contributed by atoms with Crippen molar-refractivity contribution < 1.29 is 9.84 Å². The molecule has 1 fully saturated rings. The third-order valence-corrected chi connectivity index (χ3v) is 3.54. The molecule has 0 amide bonds. The minimum Gasteiger partial charge on any atom is -0.394 e. The van der Waals surface area contributed by atoms with Crippen LogP contribution in [-0.4, -0.2) is 42.8 Å². The van der Waals surface area contributed by atoms with Crippen LogP contribution in [0.3, 0.4) is 0 Å². The first-order valence-electron chi connectivity index (χ1n) is 6.35. The SMILES string of the molecule is OCC1(NC2=NCCCCC2)CCOCC1. The minimum atomic E-state index is -0.179. The Labute approximate surface area is 97.1 Å². The Kier molecular flexibility index (Phi) is 4.18. The molecule has 16 heavy (non-hydrogen) atoms. The van der Waals surface area contributed by atoms with Crippen LogP contribution in [-0.2, 0) is 4.74 Å². The number of aliphatic imine (C=N–C) groups is 1. The third kappa shape index (κ3) is 2.95. The van der Waals surface area contributed by atoms with Gasteiger partial charge in [-0.05, 0) is 25.7 Å². The first kappa shape index (κ1) is 11.9. The van der Waals surface area contributed by atoms with Crippen LogP contribution in [0.1, 0.15) is 38.5 Å². The summed E-state index contributed by atoms with van der Waals surface area (Å²) in [7, 11) is 0. The molecular weight excluding hydrogens is 204 g/mol. The normalized spacial score (nSPS) is 25.7. The molecule has 0 bridgehead atoms. The predicted octanol–water partition coefficient (Wildman–Crippen LogP) is 1.09. The van der Waals surface area contributed by atoms with E-state index >= 15 is 0 Å². The van der Waals surface area contributed by atoms with Crippen LogP contribution in [0.5, 0.6) is 0 Å². The average molecular weight is 226 g/mol. The van der Waals surface area contributed by atoms with E-state index in [0.717, 1.165) is 44.9 Å². The molecule has 0 atom stereocenters. The predicted molar refractivity (Wildman–Crippen MR) is 63.8 cm³/mol. The van der Waals surface area contributed by atoms with Crippen molar-refractivity contribution in [3.8, 4) is 0 Å². The zero-order valence-electron chi connectivity index (χ0n) is 9.87. The molecule has 2 aliphatic heterocycles. The van der Waals surface area contributed by atoms with E-state index < -0.39 is 0 Å². The lowest BCUT2D eigenvalue weighted by atomic mass is 9.90. The fourth-order valence-electron chi connectivity index (χ4n) is 2.37. The van der Waals surface area contributed by atoms with Gasteiger partial charge in [0.25, 0.3) is 0 Å². The fourth-order valence-corrected chi connectivity index (χ4v) is 2.37. The van der Waals surface area contributed by atoms with Crippen LogP contribution in [0, 0.1) is 0 Å². The molecule has 4 nitrogen and oxygen atoms in total. The van der Waals surface area contributed by atoms with Crippen molar-refractivity contribution in [2.45, 2.75) is 44.1 Å². The number of rotatable bonds is 2. The Bertz CT molecular complexity index is 247. The number of nitrogens with one attached hydrogen (secondary N) is 1. The van der Waals surface area contributed by atoms with Crippen LogP contribution in [0.2, 0.25) is 0 Å². The zero-order valence-corrected chi connectivity index (χ0v) is 9.87. The van der Waals surface area contributed by atoms with Crippen LogP contribution >= 0.6 is 0 Å². The zero-order chi connectivity index (χ0) is 11.3. The Balaban J connectivity index is 1.96. The standard InChI is InChI=1S/C12H22N2O2/c15-10-12(5-8-16-9-6-12)14-11-4-2-1-3-7-13-11/h15H,1-10H2,(H,13,14). The lowest BCUT2D eigenvalue weighted by molar-refractivity contribution is 0.0204. The molecule has 4 heteroatoms. The number of hydrogen-bond donors (Lipinski definition) is 2. The van der Waals surface area contributed by atoms with Crippen molar-refractivity contribution in [1.29, 1.82) is 0 Å². The topological polar surface area (TPSA) is 53.8 Å². The van der Waals surface area contributed by atoms with E-state index in [0.29, 0.717) is 0 Å². The smallest absolute Gasteiger partial charge is 0.0968 e. The van der Waals surface area contributed by atoms with Gasteiger partial charge in [0.1, 0.15) is 0 Å². The van der Waals surface area contributed by atoms with Gasteiger partial charge in [0, 0.05) is 26.2 Å². The molecule has 2 N–H and O–H groups in total. The van der Waals surface area contributed by atoms with Gasteiger partial charge in [-0.2, -0.15) is 0 Å². The van der Waals surface area contributed by atoms with Crippen molar-refractivity contribution >= 4 is 5.84 Å². The molecule has 0 aliphatic carbocycles. The monoisotopic (exact) mass is 226 g/mol. The van der Waals surface area contributed by atoms with E-state index in [-0.39, 0.29) is 12.1 Å². The Morgan fingerprint density at radius 2 is 2.06 bits per heavy atom. The number of amidine groups is 1. The highest BCUT2D eigenvalue weighted by Gasteiger charge is 2.32. The van der Waals surface area contributed by atoms with Crippen molar-refractivity contribution in [1.82, 2.24) is 5.32 Å². The van der Waals surface area contributed by atoms with Gasteiger partial charge in [0.05, 0.1) is 18.0 Å². The van der Waals surface area contributed by atoms with Crippen molar-refractivity contribution in [3.63, 3.8) is 0 Å². The van der Waals surface area contributed by atoms with E-state index in [4.69, 9.17) is 4.74 Å². The van der Waals surface area contributed by atoms with Crippen molar-refractivity contribution in [2.24, 2.45) is 4.99 Å². The summed E-state index contributed by atoms with van der Waals surface area (Å²) in [6.07, 6.45) is 6.46. The van der Waals surface area contributed by atoms with E-state index in [1.165, 1.54) is 19.3 Å². The van der Waals surface area contributed by atoms with E-state index in [1.54, 1.807) is 0 Å². The average Bonchev–Trinajstić information content (AvgIpc) is 2.59. The van der Waals surface area contributed by atoms with Gasteiger partial charge in [-0.3, -0.25) is 4.99 Å². The highest BCUT2D eigenvalue weighted by atomic mass is 16.5. The maximum Gasteiger partial charge on any atom is 0.0968 e. The highest BCUT2D eigenvalue weighted by Crippen LogP contribution is 2.21. The number of ether oxygens (including phenoxy) is 1. The molecule has 0 aromatic heterocycles. The Hall–Kier alpha value is -0.610. The first-order valence-corrected chi connectivity index (χ1v) is 6.35. The summed E-state index contributed by atoms with van der Waals surface area (Å²) in [6.45, 7) is 2.58. The molecule has 2 rings (SSSR count). The second kappa shape index (κ2) is 5.64. The number of aliphatic hydroxyl groups excluding tert-OH is 1. The van der Waals surface area contributed by atoms with Crippen LogP contribution in [0.25, 0.3) is 0 Å². The summed E-state index contributed by atoms with van der Waals surface area (Å²) in [6, 6.07) is 0. The van der Waals surface area contributed by atoms with Crippen LogP contribution in [0.4, 0.5) is 0 Å². The van der Waals surface area contributed by atoms with E-state index in [9.17, 15) is 5.11 Å². The highest BCUT2D eigenvalue weighted by molar-refractivity contribution is 5.83. The Morgan fingerprint density at radius 3 is 2.81 bits per heavy atom. The third-order valence-electron chi connectivity index (χ3n) is 3.54. The summed E-state index contributed by atoms with van der Waals surface area (Å²) in [5, 5.41) is 13.1. The van der Waals surface area contributed by atoms with E-state index in [1.807, 2.05) is 0 Å². The molecule has 0 saturated carbocycles. The van der Waals surface area contributed by atoms with E-state index in [2.05, 4.69) is 10.3 Å². The molecule has 2 aliphatic rings. The summed E-state index contributed by atoms with van der Waals surface area (Å²) in [5.74, 6) is 1.09. The molecular formula is C12H22N2O2. The van der Waals surface area contributed by atoms with Gasteiger partial charge < -0.3 is 15.2 Å². The quantitative estimate of drug-likeness (QED) is 0.741.